The molecule has 1 amide bonds. The number of amides is 1. The normalized spacial score (nSPS) is 21.4. The largest absolute Gasteiger partial charge is 0.507 e. The van der Waals surface area contributed by atoms with Gasteiger partial charge in [0.15, 0.2) is 0 Å². The Morgan fingerprint density at radius 3 is 2.79 bits per heavy atom. The lowest BCUT2D eigenvalue weighted by atomic mass is 9.80. The van der Waals surface area contributed by atoms with Gasteiger partial charge in [0, 0.05) is 5.41 Å². The third kappa shape index (κ3) is 2.47. The molecule has 1 aromatic rings. The van der Waals surface area contributed by atoms with E-state index in [0.29, 0.717) is 5.56 Å². The number of carboxylic acid groups (broad SMARTS) is 1. The zero-order chi connectivity index (χ0) is 14.2. The fourth-order valence-corrected chi connectivity index (χ4v) is 2.13. The quantitative estimate of drug-likeness (QED) is 0.759. The average molecular weight is 265 g/mol. The Morgan fingerprint density at radius 1 is 1.47 bits per heavy atom. The molecule has 1 heterocycles. The number of alkyl carbamates (subject to hydrolysis) is 1. The number of phenols is 1. The number of aromatic hydroxyl groups is 1. The van der Waals surface area contributed by atoms with Gasteiger partial charge in [0.25, 0.3) is 0 Å². The molecule has 0 saturated carbocycles. The van der Waals surface area contributed by atoms with Gasteiger partial charge in [-0.2, -0.15) is 0 Å². The number of rotatable bonds is 2. The Morgan fingerprint density at radius 2 is 2.16 bits per heavy atom. The highest BCUT2D eigenvalue weighted by Crippen LogP contribution is 2.37. The van der Waals surface area contributed by atoms with Crippen molar-refractivity contribution >= 4 is 12.1 Å². The van der Waals surface area contributed by atoms with Gasteiger partial charge in [-0.3, -0.25) is 0 Å². The van der Waals surface area contributed by atoms with Crippen molar-refractivity contribution in [3.63, 3.8) is 0 Å². The van der Waals surface area contributed by atoms with Crippen LogP contribution in [0.1, 0.15) is 35.8 Å². The van der Waals surface area contributed by atoms with E-state index in [-0.39, 0.29) is 29.4 Å². The number of aromatic carboxylic acids is 1. The van der Waals surface area contributed by atoms with Crippen LogP contribution in [0.5, 0.6) is 5.75 Å². The molecule has 0 bridgehead atoms. The number of ether oxygens (including phenoxy) is 1. The van der Waals surface area contributed by atoms with Crippen LogP contribution in [-0.2, 0) is 4.74 Å². The number of cyclic esters (lactones) is 1. The molecule has 19 heavy (non-hydrogen) atoms. The van der Waals surface area contributed by atoms with Crippen molar-refractivity contribution in [2.45, 2.75) is 19.9 Å². The summed E-state index contributed by atoms with van der Waals surface area (Å²) < 4.78 is 4.93. The summed E-state index contributed by atoms with van der Waals surface area (Å²) in [6, 6.07) is 3.92. The van der Waals surface area contributed by atoms with Crippen molar-refractivity contribution in [1.29, 1.82) is 0 Å². The summed E-state index contributed by atoms with van der Waals surface area (Å²) in [6.07, 6.45) is -0.533. The number of carbonyl (C=O) groups excluding carboxylic acids is 1. The van der Waals surface area contributed by atoms with E-state index < -0.39 is 12.1 Å². The molecule has 102 valence electrons. The van der Waals surface area contributed by atoms with Crippen LogP contribution >= 0.6 is 0 Å². The van der Waals surface area contributed by atoms with Gasteiger partial charge in [0.05, 0.1) is 6.04 Å². The third-order valence-corrected chi connectivity index (χ3v) is 3.20. The van der Waals surface area contributed by atoms with Gasteiger partial charge in [-0.15, -0.1) is 0 Å². The van der Waals surface area contributed by atoms with Crippen molar-refractivity contribution in [3.8, 4) is 5.75 Å². The second kappa shape index (κ2) is 4.46. The molecule has 1 saturated heterocycles. The molecule has 0 radical (unpaired) electrons. The lowest BCUT2D eigenvalue weighted by molar-refractivity contribution is 0.0387. The molecule has 1 aromatic carbocycles. The average Bonchev–Trinajstić information content (AvgIpc) is 2.33. The second-order valence-corrected chi connectivity index (χ2v) is 5.22. The van der Waals surface area contributed by atoms with Crippen molar-refractivity contribution in [2.75, 3.05) is 6.61 Å². The minimum absolute atomic E-state index is 0.186. The maximum Gasteiger partial charge on any atom is 0.407 e. The SMILES string of the molecule is CC1(C)COC(=O)N[C@H]1c1ccc(O)c(C(=O)O)c1. The maximum atomic E-state index is 11.3. The summed E-state index contributed by atoms with van der Waals surface area (Å²) in [5.74, 6) is -1.51. The molecule has 1 aliphatic rings. The maximum absolute atomic E-state index is 11.3. The van der Waals surface area contributed by atoms with E-state index in [1.165, 1.54) is 12.1 Å². The summed E-state index contributed by atoms with van der Waals surface area (Å²) in [5, 5.41) is 21.2. The Balaban J connectivity index is 2.42. The Labute approximate surface area is 110 Å². The monoisotopic (exact) mass is 265 g/mol. The van der Waals surface area contributed by atoms with Crippen LogP contribution in [0.2, 0.25) is 0 Å². The molecule has 2 rings (SSSR count). The molecular formula is C13H15NO5. The molecule has 0 spiro atoms. The summed E-state index contributed by atoms with van der Waals surface area (Å²) >= 11 is 0. The van der Waals surface area contributed by atoms with Crippen LogP contribution < -0.4 is 5.32 Å². The van der Waals surface area contributed by atoms with Gasteiger partial charge in [0.2, 0.25) is 0 Å². The topological polar surface area (TPSA) is 95.9 Å². The lowest BCUT2D eigenvalue weighted by Crippen LogP contribution is -2.46. The van der Waals surface area contributed by atoms with Crippen LogP contribution in [0.25, 0.3) is 0 Å². The standard InChI is InChI=1S/C13H15NO5/c1-13(2)6-19-12(18)14-10(13)7-3-4-9(15)8(5-7)11(16)17/h3-5,10,15H,6H2,1-2H3,(H,14,18)(H,16,17)/t10-/m0/s1. The van der Waals surface area contributed by atoms with E-state index in [2.05, 4.69) is 5.32 Å². The van der Waals surface area contributed by atoms with Gasteiger partial charge >= 0.3 is 12.1 Å². The van der Waals surface area contributed by atoms with E-state index >= 15 is 0 Å². The minimum atomic E-state index is -1.21. The van der Waals surface area contributed by atoms with Gasteiger partial charge in [-0.1, -0.05) is 19.9 Å². The van der Waals surface area contributed by atoms with Gasteiger partial charge in [-0.25, -0.2) is 9.59 Å². The second-order valence-electron chi connectivity index (χ2n) is 5.22. The van der Waals surface area contributed by atoms with E-state index in [4.69, 9.17) is 9.84 Å². The van der Waals surface area contributed by atoms with Crippen LogP contribution in [0.4, 0.5) is 4.79 Å². The first-order valence-corrected chi connectivity index (χ1v) is 5.81. The highest BCUT2D eigenvalue weighted by Gasteiger charge is 2.38. The zero-order valence-electron chi connectivity index (χ0n) is 10.6. The van der Waals surface area contributed by atoms with Crippen LogP contribution in [0, 0.1) is 5.41 Å². The number of hydrogen-bond acceptors (Lipinski definition) is 4. The first-order valence-electron chi connectivity index (χ1n) is 5.81. The number of hydrogen-bond donors (Lipinski definition) is 3. The summed E-state index contributed by atoms with van der Waals surface area (Å²) in [6.45, 7) is 4.06. The summed E-state index contributed by atoms with van der Waals surface area (Å²) in [4.78, 5) is 22.3. The first-order chi connectivity index (χ1) is 8.81. The molecule has 0 aliphatic carbocycles. The number of nitrogens with one attached hydrogen (secondary N) is 1. The molecule has 1 aliphatic heterocycles. The Kier molecular flexibility index (Phi) is 3.09. The first kappa shape index (κ1) is 13.2. The minimum Gasteiger partial charge on any atom is -0.507 e. The van der Waals surface area contributed by atoms with Crippen molar-refractivity contribution in [3.05, 3.63) is 29.3 Å². The molecule has 1 fully saturated rings. The Bertz CT molecular complexity index is 538. The van der Waals surface area contributed by atoms with E-state index in [1.807, 2.05) is 13.8 Å². The van der Waals surface area contributed by atoms with Crippen LogP contribution in [-0.4, -0.2) is 28.9 Å². The molecule has 6 heteroatoms. The highest BCUT2D eigenvalue weighted by molar-refractivity contribution is 5.91. The van der Waals surface area contributed by atoms with E-state index in [0.717, 1.165) is 0 Å². The van der Waals surface area contributed by atoms with Gasteiger partial charge in [0.1, 0.15) is 17.9 Å². The number of benzene rings is 1. The zero-order valence-corrected chi connectivity index (χ0v) is 10.6. The highest BCUT2D eigenvalue weighted by atomic mass is 16.6. The molecule has 0 unspecified atom stereocenters. The van der Waals surface area contributed by atoms with Crippen molar-refractivity contribution < 1.29 is 24.5 Å². The summed E-state index contributed by atoms with van der Waals surface area (Å²) in [7, 11) is 0. The van der Waals surface area contributed by atoms with Crippen molar-refractivity contribution in [2.24, 2.45) is 5.41 Å². The molecule has 3 N–H and O–H groups in total. The van der Waals surface area contributed by atoms with E-state index in [9.17, 15) is 14.7 Å². The summed E-state index contributed by atoms with van der Waals surface area (Å²) in [5.41, 5.74) is 0.0617. The molecule has 1 atom stereocenters. The fourth-order valence-electron chi connectivity index (χ4n) is 2.13. The van der Waals surface area contributed by atoms with Gasteiger partial charge < -0.3 is 20.3 Å². The fraction of sp³-hybridized carbons (Fsp3) is 0.385. The predicted molar refractivity (Wildman–Crippen MR) is 66.1 cm³/mol. The smallest absolute Gasteiger partial charge is 0.407 e. The predicted octanol–water partition coefficient (Wildman–Crippen LogP) is 1.90. The number of carbonyl (C=O) groups is 2. The Hall–Kier alpha value is -2.24. The molecule has 0 aromatic heterocycles. The third-order valence-electron chi connectivity index (χ3n) is 3.20. The molecular weight excluding hydrogens is 250 g/mol. The van der Waals surface area contributed by atoms with Crippen LogP contribution in [0.3, 0.4) is 0 Å². The lowest BCUT2D eigenvalue weighted by Gasteiger charge is -2.38. The van der Waals surface area contributed by atoms with Gasteiger partial charge in [-0.05, 0) is 17.7 Å². The molecule has 6 nitrogen and oxygen atoms in total. The van der Waals surface area contributed by atoms with Crippen LogP contribution in [0.15, 0.2) is 18.2 Å². The van der Waals surface area contributed by atoms with E-state index in [1.54, 1.807) is 6.07 Å². The van der Waals surface area contributed by atoms with Crippen molar-refractivity contribution in [1.82, 2.24) is 5.32 Å². The number of carboxylic acids is 1.